The Morgan fingerprint density at radius 3 is 2.75 bits per heavy atom. The lowest BCUT2D eigenvalue weighted by Crippen LogP contribution is -2.09. The number of methoxy groups -OCH3 is 1. The van der Waals surface area contributed by atoms with Crippen LogP contribution >= 0.6 is 11.8 Å². The van der Waals surface area contributed by atoms with Crippen LogP contribution in [0.4, 0.5) is 0 Å². The molecule has 0 aliphatic carbocycles. The number of hydrogen-bond donors (Lipinski definition) is 2. The highest BCUT2D eigenvalue weighted by molar-refractivity contribution is 7.99. The molecule has 1 aromatic carbocycles. The molecule has 0 unspecified atom stereocenters. The number of rotatable bonds is 5. The van der Waals surface area contributed by atoms with Crippen molar-refractivity contribution in [3.8, 4) is 0 Å². The number of H-pyrrole nitrogens is 1. The first-order chi connectivity index (χ1) is 11.7. The predicted molar refractivity (Wildman–Crippen MR) is 92.6 cm³/mol. The Morgan fingerprint density at radius 1 is 1.25 bits per heavy atom. The number of pyridine rings is 1. The molecule has 0 atom stereocenters. The van der Waals surface area contributed by atoms with Gasteiger partial charge in [-0.15, -0.1) is 0 Å². The van der Waals surface area contributed by atoms with Crippen molar-refractivity contribution in [1.29, 1.82) is 0 Å². The van der Waals surface area contributed by atoms with Crippen LogP contribution in [-0.2, 0) is 9.53 Å². The molecule has 3 rings (SSSR count). The number of imidazole rings is 1. The zero-order valence-electron chi connectivity index (χ0n) is 12.9. The van der Waals surface area contributed by atoms with Gasteiger partial charge >= 0.3 is 5.97 Å². The molecule has 0 saturated carbocycles. The van der Waals surface area contributed by atoms with Gasteiger partial charge < -0.3 is 14.8 Å². The highest BCUT2D eigenvalue weighted by atomic mass is 32.2. The second-order valence-electron chi connectivity index (χ2n) is 4.87. The van der Waals surface area contributed by atoms with Gasteiger partial charge in [-0.25, -0.2) is 14.8 Å². The van der Waals surface area contributed by atoms with E-state index >= 15 is 0 Å². The van der Waals surface area contributed by atoms with E-state index in [2.05, 4.69) is 15.0 Å². The summed E-state index contributed by atoms with van der Waals surface area (Å²) in [6.07, 6.45) is 1.67. The van der Waals surface area contributed by atoms with Crippen LogP contribution in [0.15, 0.2) is 59.4 Å². The molecular weight excluding hydrogens is 326 g/mol. The van der Waals surface area contributed by atoms with Gasteiger partial charge in [-0.05, 0) is 24.3 Å². The van der Waals surface area contributed by atoms with Crippen molar-refractivity contribution in [3.63, 3.8) is 0 Å². The maximum atomic E-state index is 12.1. The third-order valence-electron chi connectivity index (χ3n) is 3.30. The molecule has 3 aromatic rings. The largest absolute Gasteiger partial charge is 0.510 e. The molecule has 0 amide bonds. The summed E-state index contributed by atoms with van der Waals surface area (Å²) < 4.78 is 4.79. The van der Waals surface area contributed by atoms with Crippen molar-refractivity contribution in [1.82, 2.24) is 15.0 Å². The van der Waals surface area contributed by atoms with E-state index in [0.717, 1.165) is 10.5 Å². The van der Waals surface area contributed by atoms with Crippen molar-refractivity contribution >= 4 is 34.3 Å². The molecule has 0 bridgehead atoms. The van der Waals surface area contributed by atoms with Crippen LogP contribution in [0.1, 0.15) is 5.82 Å². The van der Waals surface area contributed by atoms with E-state index in [0.29, 0.717) is 5.52 Å². The number of para-hydroxylation sites is 2. The van der Waals surface area contributed by atoms with Gasteiger partial charge in [-0.3, -0.25) is 0 Å². The Bertz CT molecular complexity index is 857. The maximum Gasteiger partial charge on any atom is 0.345 e. The molecular formula is C17H15N3O3S. The molecule has 0 aliphatic rings. The average Bonchev–Trinajstić information content (AvgIpc) is 3.04. The minimum Gasteiger partial charge on any atom is -0.510 e. The van der Waals surface area contributed by atoms with Gasteiger partial charge in [0, 0.05) is 6.20 Å². The summed E-state index contributed by atoms with van der Waals surface area (Å²) in [5, 5.41) is 11.2. The van der Waals surface area contributed by atoms with E-state index in [-0.39, 0.29) is 22.9 Å². The second-order valence-corrected chi connectivity index (χ2v) is 5.87. The van der Waals surface area contributed by atoms with E-state index in [1.165, 1.54) is 18.9 Å². The number of benzene rings is 1. The van der Waals surface area contributed by atoms with Crippen LogP contribution < -0.4 is 0 Å². The molecule has 2 aromatic heterocycles. The number of nitrogens with one attached hydrogen (secondary N) is 1. The van der Waals surface area contributed by atoms with Crippen molar-refractivity contribution < 1.29 is 14.6 Å². The fourth-order valence-corrected chi connectivity index (χ4v) is 2.91. The van der Waals surface area contributed by atoms with Gasteiger partial charge in [0.1, 0.15) is 17.2 Å². The third-order valence-corrected chi connectivity index (χ3v) is 4.25. The van der Waals surface area contributed by atoms with Gasteiger partial charge in [0.15, 0.2) is 0 Å². The second kappa shape index (κ2) is 7.18. The molecule has 0 spiro atoms. The number of esters is 1. The van der Waals surface area contributed by atoms with Crippen LogP contribution in [0.3, 0.4) is 0 Å². The number of thioether (sulfide) groups is 1. The number of aliphatic hydroxyl groups excluding tert-OH is 1. The Hall–Kier alpha value is -2.80. The normalized spacial score (nSPS) is 12.0. The van der Waals surface area contributed by atoms with Crippen molar-refractivity contribution in [2.75, 3.05) is 12.9 Å². The zero-order chi connectivity index (χ0) is 16.9. The fraction of sp³-hybridized carbons (Fsp3) is 0.118. The fourth-order valence-electron chi connectivity index (χ4n) is 2.17. The monoisotopic (exact) mass is 341 g/mol. The topological polar surface area (TPSA) is 88.1 Å². The number of aromatic amines is 1. The van der Waals surface area contributed by atoms with Crippen LogP contribution in [0, 0.1) is 0 Å². The van der Waals surface area contributed by atoms with Gasteiger partial charge in [0.25, 0.3) is 0 Å². The number of aromatic nitrogens is 3. The number of carbonyl (C=O) groups excluding carboxylic acids is 1. The van der Waals surface area contributed by atoms with Crippen molar-refractivity contribution in [2.24, 2.45) is 0 Å². The first kappa shape index (κ1) is 16.1. The summed E-state index contributed by atoms with van der Waals surface area (Å²) in [7, 11) is 1.27. The zero-order valence-corrected chi connectivity index (χ0v) is 13.7. The number of hydrogen-bond acceptors (Lipinski definition) is 6. The van der Waals surface area contributed by atoms with E-state index in [4.69, 9.17) is 4.74 Å². The third kappa shape index (κ3) is 3.41. The summed E-state index contributed by atoms with van der Waals surface area (Å²) in [5.74, 6) is -0.301. The number of ether oxygens (including phenoxy) is 1. The highest BCUT2D eigenvalue weighted by Crippen LogP contribution is 2.24. The van der Waals surface area contributed by atoms with Gasteiger partial charge in [0.2, 0.25) is 0 Å². The average molecular weight is 341 g/mol. The Kier molecular flexibility index (Phi) is 4.81. The molecule has 2 heterocycles. The summed E-state index contributed by atoms with van der Waals surface area (Å²) >= 11 is 1.32. The molecule has 7 heteroatoms. The summed E-state index contributed by atoms with van der Waals surface area (Å²) in [5.41, 5.74) is 1.51. The van der Waals surface area contributed by atoms with E-state index in [1.807, 2.05) is 42.5 Å². The molecule has 122 valence electrons. The van der Waals surface area contributed by atoms with Gasteiger partial charge in [-0.1, -0.05) is 30.0 Å². The molecule has 24 heavy (non-hydrogen) atoms. The molecule has 0 fully saturated rings. The van der Waals surface area contributed by atoms with Gasteiger partial charge in [0.05, 0.1) is 28.9 Å². The highest BCUT2D eigenvalue weighted by Gasteiger charge is 2.22. The molecule has 2 N–H and O–H groups in total. The van der Waals surface area contributed by atoms with Crippen LogP contribution in [0.5, 0.6) is 0 Å². The minimum atomic E-state index is -0.645. The lowest BCUT2D eigenvalue weighted by molar-refractivity contribution is -0.133. The Labute approximate surface area is 142 Å². The smallest absolute Gasteiger partial charge is 0.345 e. The molecule has 6 nitrogen and oxygen atoms in total. The van der Waals surface area contributed by atoms with E-state index in [1.54, 1.807) is 6.20 Å². The molecule has 0 radical (unpaired) electrons. The van der Waals surface area contributed by atoms with Crippen molar-refractivity contribution in [2.45, 2.75) is 5.03 Å². The van der Waals surface area contributed by atoms with Crippen molar-refractivity contribution in [3.05, 3.63) is 60.2 Å². The summed E-state index contributed by atoms with van der Waals surface area (Å²) in [6, 6.07) is 12.9. The molecule has 0 aliphatic heterocycles. The SMILES string of the molecule is COC(=O)/C(=C(/O)CSc1ccccn1)c1nc2ccccc2[nH]1. The Morgan fingerprint density at radius 2 is 2.04 bits per heavy atom. The lowest BCUT2D eigenvalue weighted by Gasteiger charge is -2.07. The van der Waals surface area contributed by atoms with Crippen LogP contribution in [-0.4, -0.2) is 38.9 Å². The number of fused-ring (bicyclic) bond motifs is 1. The predicted octanol–water partition coefficient (Wildman–Crippen LogP) is 3.19. The minimum absolute atomic E-state index is 0.0251. The Balaban J connectivity index is 1.94. The lowest BCUT2D eigenvalue weighted by atomic mass is 10.2. The van der Waals surface area contributed by atoms with Crippen LogP contribution in [0.2, 0.25) is 0 Å². The number of carbonyl (C=O) groups is 1. The van der Waals surface area contributed by atoms with E-state index in [9.17, 15) is 9.90 Å². The standard InChI is InChI=1S/C17H15N3O3S/c1-23-17(22)15(13(21)10-24-14-8-4-5-9-18-14)16-19-11-6-2-3-7-12(11)20-16/h2-9,21H,10H2,1H3,(H,19,20)/b15-13+. The quantitative estimate of drug-likeness (QED) is 0.321. The van der Waals surface area contributed by atoms with Gasteiger partial charge in [-0.2, -0.15) is 0 Å². The van der Waals surface area contributed by atoms with E-state index < -0.39 is 5.97 Å². The first-order valence-electron chi connectivity index (χ1n) is 7.18. The first-order valence-corrected chi connectivity index (χ1v) is 8.17. The van der Waals surface area contributed by atoms with Crippen LogP contribution in [0.25, 0.3) is 16.6 Å². The number of aliphatic hydroxyl groups is 1. The molecule has 0 saturated heterocycles. The maximum absolute atomic E-state index is 12.1. The number of nitrogens with zero attached hydrogens (tertiary/aromatic N) is 2. The summed E-state index contributed by atoms with van der Waals surface area (Å²) in [4.78, 5) is 23.7. The summed E-state index contributed by atoms with van der Waals surface area (Å²) in [6.45, 7) is 0.